The number of rotatable bonds is 8. The monoisotopic (exact) mass is 404 g/mol. The minimum atomic E-state index is -0.372. The first-order valence-corrected chi connectivity index (χ1v) is 9.29. The maximum absolute atomic E-state index is 12.3. The predicted molar refractivity (Wildman–Crippen MR) is 111 cm³/mol. The minimum Gasteiger partial charge on any atom is -0.496 e. The molecule has 0 bridgehead atoms. The number of nitrogens with one attached hydrogen (secondary N) is 1. The molecule has 0 aliphatic carbocycles. The van der Waals surface area contributed by atoms with Crippen LogP contribution in [0.15, 0.2) is 35.4 Å². The van der Waals surface area contributed by atoms with Crippen molar-refractivity contribution in [2.75, 3.05) is 14.2 Å². The summed E-state index contributed by atoms with van der Waals surface area (Å²) in [6, 6.07) is 8.76. The number of carbonyl (C=O) groups excluding carboxylic acids is 1. The van der Waals surface area contributed by atoms with Crippen LogP contribution in [0.3, 0.4) is 0 Å². The van der Waals surface area contributed by atoms with Crippen LogP contribution in [0.2, 0.25) is 5.02 Å². The van der Waals surface area contributed by atoms with E-state index < -0.39 is 0 Å². The first kappa shape index (κ1) is 21.6. The van der Waals surface area contributed by atoms with Gasteiger partial charge in [-0.1, -0.05) is 24.6 Å². The van der Waals surface area contributed by atoms with Gasteiger partial charge in [-0.25, -0.2) is 5.43 Å². The van der Waals surface area contributed by atoms with E-state index in [1.54, 1.807) is 31.4 Å². The lowest BCUT2D eigenvalue weighted by atomic mass is 10.1. The number of hydrogen-bond donors (Lipinski definition) is 1. The summed E-state index contributed by atoms with van der Waals surface area (Å²) in [5, 5.41) is 4.41. The molecule has 0 heterocycles. The number of hydrogen-bond acceptors (Lipinski definition) is 5. The van der Waals surface area contributed by atoms with Gasteiger partial charge >= 0.3 is 0 Å². The molecular weight excluding hydrogens is 380 g/mol. The van der Waals surface area contributed by atoms with Crippen molar-refractivity contribution in [2.45, 2.75) is 33.3 Å². The van der Waals surface area contributed by atoms with Crippen LogP contribution < -0.4 is 19.6 Å². The van der Waals surface area contributed by atoms with Crippen LogP contribution in [-0.2, 0) is 0 Å². The molecule has 0 fully saturated rings. The third-order valence-corrected chi connectivity index (χ3v) is 4.41. The van der Waals surface area contributed by atoms with Gasteiger partial charge in [0.05, 0.1) is 37.1 Å². The number of methoxy groups -OCH3 is 2. The Kier molecular flexibility index (Phi) is 7.70. The molecule has 0 saturated heterocycles. The van der Waals surface area contributed by atoms with E-state index in [-0.39, 0.29) is 12.0 Å². The van der Waals surface area contributed by atoms with Crippen LogP contribution in [0, 0.1) is 6.92 Å². The first-order valence-electron chi connectivity index (χ1n) is 8.91. The van der Waals surface area contributed by atoms with Crippen molar-refractivity contribution in [3.05, 3.63) is 52.0 Å². The zero-order chi connectivity index (χ0) is 20.7. The summed E-state index contributed by atoms with van der Waals surface area (Å²) < 4.78 is 16.4. The summed E-state index contributed by atoms with van der Waals surface area (Å²) in [4.78, 5) is 12.3. The lowest BCUT2D eigenvalue weighted by Gasteiger charge is -2.17. The smallest absolute Gasteiger partial charge is 0.275 e. The number of benzene rings is 2. The van der Waals surface area contributed by atoms with Crippen LogP contribution in [-0.4, -0.2) is 32.4 Å². The molecule has 150 valence electrons. The van der Waals surface area contributed by atoms with E-state index >= 15 is 0 Å². The molecule has 2 rings (SSSR count). The molecule has 28 heavy (non-hydrogen) atoms. The average molecular weight is 405 g/mol. The lowest BCUT2D eigenvalue weighted by molar-refractivity contribution is 0.0952. The van der Waals surface area contributed by atoms with Gasteiger partial charge in [-0.15, -0.1) is 0 Å². The van der Waals surface area contributed by atoms with E-state index in [0.717, 1.165) is 12.0 Å². The highest BCUT2D eigenvalue weighted by molar-refractivity contribution is 6.32. The van der Waals surface area contributed by atoms with Crippen LogP contribution in [0.1, 0.15) is 41.8 Å². The molecule has 1 amide bonds. The van der Waals surface area contributed by atoms with Crippen LogP contribution in [0.25, 0.3) is 0 Å². The third kappa shape index (κ3) is 5.39. The number of nitrogens with zero attached hydrogens (tertiary/aromatic N) is 1. The van der Waals surface area contributed by atoms with Gasteiger partial charge in [0.15, 0.2) is 11.5 Å². The topological polar surface area (TPSA) is 69.2 Å². The summed E-state index contributed by atoms with van der Waals surface area (Å²) in [7, 11) is 3.06. The van der Waals surface area contributed by atoms with Gasteiger partial charge in [-0.3, -0.25) is 4.79 Å². The van der Waals surface area contributed by atoms with E-state index in [4.69, 9.17) is 25.8 Å². The predicted octanol–water partition coefficient (Wildman–Crippen LogP) is 4.61. The summed E-state index contributed by atoms with van der Waals surface area (Å²) in [6.45, 7) is 5.91. The fraction of sp³-hybridized carbons (Fsp3) is 0.333. The summed E-state index contributed by atoms with van der Waals surface area (Å²) in [6.07, 6.45) is 2.34. The van der Waals surface area contributed by atoms with Gasteiger partial charge in [0, 0.05) is 0 Å². The number of hydrazone groups is 1. The van der Waals surface area contributed by atoms with Crippen LogP contribution in [0.4, 0.5) is 0 Å². The fourth-order valence-corrected chi connectivity index (χ4v) is 2.69. The van der Waals surface area contributed by atoms with E-state index in [0.29, 0.717) is 33.4 Å². The van der Waals surface area contributed by atoms with E-state index in [2.05, 4.69) is 10.5 Å². The van der Waals surface area contributed by atoms with Crippen molar-refractivity contribution < 1.29 is 19.0 Å². The van der Waals surface area contributed by atoms with E-state index in [9.17, 15) is 4.79 Å². The SMILES string of the molecule is CC[C@@H](C)Oc1c(Cl)cc(/C=N\NC(=O)c2ccc(C)cc2OC)cc1OC. The van der Waals surface area contributed by atoms with Gasteiger partial charge in [0.2, 0.25) is 0 Å². The molecule has 7 heteroatoms. The molecule has 0 unspecified atom stereocenters. The number of carbonyl (C=O) groups is 1. The number of halogens is 1. The second-order valence-corrected chi connectivity index (χ2v) is 6.68. The zero-order valence-corrected chi connectivity index (χ0v) is 17.5. The molecule has 2 aromatic carbocycles. The van der Waals surface area contributed by atoms with Gasteiger partial charge in [0.1, 0.15) is 5.75 Å². The Balaban J connectivity index is 2.16. The summed E-state index contributed by atoms with van der Waals surface area (Å²) >= 11 is 6.34. The molecule has 2 aromatic rings. The zero-order valence-electron chi connectivity index (χ0n) is 16.7. The third-order valence-electron chi connectivity index (χ3n) is 4.13. The van der Waals surface area contributed by atoms with Crippen molar-refractivity contribution in [2.24, 2.45) is 5.10 Å². The maximum atomic E-state index is 12.3. The van der Waals surface area contributed by atoms with Crippen molar-refractivity contribution in [3.63, 3.8) is 0 Å². The Morgan fingerprint density at radius 1 is 1.21 bits per heavy atom. The quantitative estimate of drug-likeness (QED) is 0.515. The summed E-state index contributed by atoms with van der Waals surface area (Å²) in [5.74, 6) is 1.11. The second-order valence-electron chi connectivity index (χ2n) is 6.27. The van der Waals surface area contributed by atoms with Gasteiger partial charge in [-0.2, -0.15) is 5.10 Å². The first-order chi connectivity index (χ1) is 13.4. The van der Waals surface area contributed by atoms with Crippen molar-refractivity contribution in [1.82, 2.24) is 5.43 Å². The van der Waals surface area contributed by atoms with E-state index in [1.165, 1.54) is 13.3 Å². The largest absolute Gasteiger partial charge is 0.496 e. The molecule has 0 aliphatic rings. The molecule has 0 saturated carbocycles. The number of amides is 1. The second kappa shape index (κ2) is 9.99. The van der Waals surface area contributed by atoms with Gasteiger partial charge in [-0.05, 0) is 55.7 Å². The van der Waals surface area contributed by atoms with Crippen molar-refractivity contribution >= 4 is 23.7 Å². The number of aryl methyl sites for hydroxylation is 1. The highest BCUT2D eigenvalue weighted by atomic mass is 35.5. The van der Waals surface area contributed by atoms with Gasteiger partial charge in [0.25, 0.3) is 5.91 Å². The van der Waals surface area contributed by atoms with Crippen LogP contribution >= 0.6 is 11.6 Å². The Hall–Kier alpha value is -2.73. The van der Waals surface area contributed by atoms with Crippen LogP contribution in [0.5, 0.6) is 17.2 Å². The highest BCUT2D eigenvalue weighted by Crippen LogP contribution is 2.37. The van der Waals surface area contributed by atoms with Gasteiger partial charge < -0.3 is 14.2 Å². The summed E-state index contributed by atoms with van der Waals surface area (Å²) in [5.41, 5.74) is 4.55. The normalized spacial score (nSPS) is 11.9. The number of ether oxygens (including phenoxy) is 3. The molecule has 0 radical (unpaired) electrons. The molecule has 0 aromatic heterocycles. The molecule has 0 aliphatic heterocycles. The molecule has 0 spiro atoms. The van der Waals surface area contributed by atoms with Crippen molar-refractivity contribution in [3.8, 4) is 17.2 Å². The Morgan fingerprint density at radius 3 is 2.57 bits per heavy atom. The Labute approximate surface area is 170 Å². The highest BCUT2D eigenvalue weighted by Gasteiger charge is 2.14. The standard InChI is InChI=1S/C21H25ClN2O4/c1-6-14(3)28-20-17(22)10-15(11-19(20)27-5)12-23-24-21(25)16-8-7-13(2)9-18(16)26-4/h7-12,14H,6H2,1-5H3,(H,24,25)/b23-12-/t14-/m1/s1. The average Bonchev–Trinajstić information content (AvgIpc) is 2.69. The van der Waals surface area contributed by atoms with E-state index in [1.807, 2.05) is 26.8 Å². The molecular formula is C21H25ClN2O4. The fourth-order valence-electron chi connectivity index (χ4n) is 2.42. The minimum absolute atomic E-state index is 0.00898. The molecule has 1 atom stereocenters. The lowest BCUT2D eigenvalue weighted by Crippen LogP contribution is -2.18. The Morgan fingerprint density at radius 2 is 1.93 bits per heavy atom. The molecule has 1 N–H and O–H groups in total. The Bertz CT molecular complexity index is 868. The van der Waals surface area contributed by atoms with Crippen molar-refractivity contribution in [1.29, 1.82) is 0 Å². The maximum Gasteiger partial charge on any atom is 0.275 e. The molecule has 6 nitrogen and oxygen atoms in total.